The smallest absolute Gasteiger partial charge is 0.347 e. The first kappa shape index (κ1) is 17.6. The molecule has 0 aliphatic heterocycles. The lowest BCUT2D eigenvalue weighted by Crippen LogP contribution is -2.22. The van der Waals surface area contributed by atoms with Gasteiger partial charge in [-0.1, -0.05) is 6.07 Å². The van der Waals surface area contributed by atoms with Gasteiger partial charge in [-0.05, 0) is 37.3 Å². The molecule has 3 aromatic rings. The maximum absolute atomic E-state index is 12.7. The van der Waals surface area contributed by atoms with E-state index >= 15 is 0 Å². The van der Waals surface area contributed by atoms with Crippen LogP contribution in [0.15, 0.2) is 41.8 Å². The Labute approximate surface area is 150 Å². The number of carbonyl (C=O) groups excluding carboxylic acids is 1. The van der Waals surface area contributed by atoms with Crippen LogP contribution in [0.2, 0.25) is 0 Å². The number of nitrogens with zero attached hydrogens (tertiary/aromatic N) is 1. The molecule has 1 aromatic carbocycles. The Balaban J connectivity index is 1.66. The molecular formula is C17H13F3N2OS2. The van der Waals surface area contributed by atoms with Crippen molar-refractivity contribution in [1.82, 2.24) is 10.3 Å². The third-order valence-corrected chi connectivity index (χ3v) is 5.29. The number of nitrogens with one attached hydrogen (secondary N) is 1. The summed E-state index contributed by atoms with van der Waals surface area (Å²) in [7, 11) is 0. The second-order valence-corrected chi connectivity index (χ2v) is 7.51. The predicted molar refractivity (Wildman–Crippen MR) is 92.8 cm³/mol. The molecule has 2 heterocycles. The number of thiazole rings is 1. The van der Waals surface area contributed by atoms with Crippen molar-refractivity contribution in [3.63, 3.8) is 0 Å². The Morgan fingerprint density at radius 3 is 2.72 bits per heavy atom. The second-order valence-electron chi connectivity index (χ2n) is 5.28. The minimum atomic E-state index is -4.47. The summed E-state index contributed by atoms with van der Waals surface area (Å²) in [6.45, 7) is 2.18. The molecule has 130 valence electrons. The van der Waals surface area contributed by atoms with Gasteiger partial charge in [-0.3, -0.25) is 4.79 Å². The van der Waals surface area contributed by atoms with Crippen LogP contribution in [0.25, 0.3) is 10.6 Å². The molecule has 0 saturated heterocycles. The molecule has 0 fully saturated rings. The first-order valence-corrected chi connectivity index (χ1v) is 8.99. The highest BCUT2D eigenvalue weighted by Crippen LogP contribution is 2.30. The van der Waals surface area contributed by atoms with Gasteiger partial charge in [-0.15, -0.1) is 22.7 Å². The largest absolute Gasteiger partial charge is 0.416 e. The number of aromatic nitrogens is 1. The fourth-order valence-electron chi connectivity index (χ4n) is 2.19. The van der Waals surface area contributed by atoms with Gasteiger partial charge in [0, 0.05) is 15.8 Å². The Kier molecular flexibility index (Phi) is 4.91. The summed E-state index contributed by atoms with van der Waals surface area (Å²) in [5.74, 6) is -0.537. The molecule has 0 spiro atoms. The molecule has 0 aliphatic carbocycles. The van der Waals surface area contributed by atoms with E-state index < -0.39 is 17.6 Å². The number of benzene rings is 1. The van der Waals surface area contributed by atoms with Crippen LogP contribution in [-0.4, -0.2) is 10.9 Å². The molecule has 3 nitrogen and oxygen atoms in total. The van der Waals surface area contributed by atoms with Gasteiger partial charge < -0.3 is 5.32 Å². The number of aryl methyl sites for hydroxylation is 1. The molecule has 25 heavy (non-hydrogen) atoms. The van der Waals surface area contributed by atoms with Crippen molar-refractivity contribution in [2.45, 2.75) is 19.6 Å². The number of thiophene rings is 1. The van der Waals surface area contributed by atoms with Crippen LogP contribution in [0.1, 0.15) is 25.8 Å². The van der Waals surface area contributed by atoms with Crippen LogP contribution in [-0.2, 0) is 12.7 Å². The molecule has 0 saturated carbocycles. The minimum absolute atomic E-state index is 0.0123. The lowest BCUT2D eigenvalue weighted by Gasteiger charge is -2.08. The molecule has 0 radical (unpaired) electrons. The van der Waals surface area contributed by atoms with Crippen LogP contribution < -0.4 is 5.32 Å². The van der Waals surface area contributed by atoms with Gasteiger partial charge in [0.05, 0.1) is 27.7 Å². The second kappa shape index (κ2) is 6.97. The Morgan fingerprint density at radius 2 is 2.04 bits per heavy atom. The number of hydrogen-bond donors (Lipinski definition) is 1. The first-order valence-electron chi connectivity index (χ1n) is 7.29. The number of halogens is 3. The van der Waals surface area contributed by atoms with E-state index in [9.17, 15) is 18.0 Å². The van der Waals surface area contributed by atoms with Crippen molar-refractivity contribution in [1.29, 1.82) is 0 Å². The van der Waals surface area contributed by atoms with Gasteiger partial charge in [0.1, 0.15) is 0 Å². The standard InChI is InChI=1S/C17H13F3N2OS2/c1-10-22-14(9-24-10)15-6-5-13(25-15)8-21-16(23)11-3-2-4-12(7-11)17(18,19)20/h2-7,9H,8H2,1H3,(H,21,23). The SMILES string of the molecule is Cc1nc(-c2ccc(CNC(=O)c3cccc(C(F)(F)F)c3)s2)cs1. The van der Waals surface area contributed by atoms with Gasteiger partial charge in [0.25, 0.3) is 5.91 Å². The highest BCUT2D eigenvalue weighted by atomic mass is 32.1. The molecule has 0 atom stereocenters. The van der Waals surface area contributed by atoms with E-state index in [0.29, 0.717) is 0 Å². The monoisotopic (exact) mass is 382 g/mol. The van der Waals surface area contributed by atoms with E-state index in [0.717, 1.165) is 32.6 Å². The molecule has 2 aromatic heterocycles. The molecule has 0 unspecified atom stereocenters. The lowest BCUT2D eigenvalue weighted by molar-refractivity contribution is -0.137. The summed E-state index contributed by atoms with van der Waals surface area (Å²) in [6, 6.07) is 8.19. The van der Waals surface area contributed by atoms with Crippen molar-refractivity contribution in [3.8, 4) is 10.6 Å². The van der Waals surface area contributed by atoms with Crippen molar-refractivity contribution in [3.05, 3.63) is 62.8 Å². The van der Waals surface area contributed by atoms with E-state index in [2.05, 4.69) is 10.3 Å². The zero-order chi connectivity index (χ0) is 18.0. The molecule has 1 N–H and O–H groups in total. The van der Waals surface area contributed by atoms with Crippen LogP contribution in [0.5, 0.6) is 0 Å². The predicted octanol–water partition coefficient (Wildman–Crippen LogP) is 5.13. The van der Waals surface area contributed by atoms with Crippen molar-refractivity contribution < 1.29 is 18.0 Å². The maximum Gasteiger partial charge on any atom is 0.416 e. The van der Waals surface area contributed by atoms with Gasteiger partial charge >= 0.3 is 6.18 Å². The zero-order valence-corrected chi connectivity index (χ0v) is 14.7. The lowest BCUT2D eigenvalue weighted by atomic mass is 10.1. The van der Waals surface area contributed by atoms with E-state index in [1.807, 2.05) is 24.4 Å². The average Bonchev–Trinajstić information content (AvgIpc) is 3.20. The van der Waals surface area contributed by atoms with E-state index in [1.54, 1.807) is 11.3 Å². The van der Waals surface area contributed by atoms with Gasteiger partial charge in [-0.2, -0.15) is 13.2 Å². The number of alkyl halides is 3. The fraction of sp³-hybridized carbons (Fsp3) is 0.176. The van der Waals surface area contributed by atoms with Crippen molar-refractivity contribution in [2.75, 3.05) is 0 Å². The van der Waals surface area contributed by atoms with E-state index in [-0.39, 0.29) is 12.1 Å². The summed E-state index contributed by atoms with van der Waals surface area (Å²) in [5, 5.41) is 5.59. The third-order valence-electron chi connectivity index (χ3n) is 3.41. The van der Waals surface area contributed by atoms with Crippen LogP contribution in [0.3, 0.4) is 0 Å². The average molecular weight is 382 g/mol. The topological polar surface area (TPSA) is 42.0 Å². The first-order chi connectivity index (χ1) is 11.8. The highest BCUT2D eigenvalue weighted by Gasteiger charge is 2.30. The molecule has 8 heteroatoms. The van der Waals surface area contributed by atoms with Crippen LogP contribution >= 0.6 is 22.7 Å². The van der Waals surface area contributed by atoms with Gasteiger partial charge in [0.2, 0.25) is 0 Å². The van der Waals surface area contributed by atoms with E-state index in [4.69, 9.17) is 0 Å². The minimum Gasteiger partial charge on any atom is -0.347 e. The highest BCUT2D eigenvalue weighted by molar-refractivity contribution is 7.16. The number of rotatable bonds is 4. The molecule has 0 aliphatic rings. The van der Waals surface area contributed by atoms with Crippen LogP contribution in [0.4, 0.5) is 13.2 Å². The number of amides is 1. The summed E-state index contributed by atoms with van der Waals surface area (Å²) in [5.41, 5.74) is 0.0437. The summed E-state index contributed by atoms with van der Waals surface area (Å²) < 4.78 is 38.1. The maximum atomic E-state index is 12.7. The Bertz CT molecular complexity index is 899. The third kappa shape index (κ3) is 4.26. The Morgan fingerprint density at radius 1 is 1.24 bits per heavy atom. The van der Waals surface area contributed by atoms with Crippen LogP contribution in [0, 0.1) is 6.92 Å². The molecule has 1 amide bonds. The quantitative estimate of drug-likeness (QED) is 0.680. The van der Waals surface area contributed by atoms with Crippen molar-refractivity contribution in [2.24, 2.45) is 0 Å². The van der Waals surface area contributed by atoms with E-state index in [1.165, 1.54) is 23.5 Å². The Hall–Kier alpha value is -2.19. The number of carbonyl (C=O) groups is 1. The van der Waals surface area contributed by atoms with Crippen molar-refractivity contribution >= 4 is 28.6 Å². The molecular weight excluding hydrogens is 369 g/mol. The molecule has 0 bridgehead atoms. The molecule has 3 rings (SSSR count). The summed E-state index contributed by atoms with van der Waals surface area (Å²) in [6.07, 6.45) is -4.47. The van der Waals surface area contributed by atoms with Gasteiger partial charge in [0.15, 0.2) is 0 Å². The fourth-order valence-corrected chi connectivity index (χ4v) is 3.79. The summed E-state index contributed by atoms with van der Waals surface area (Å²) >= 11 is 3.05. The normalized spacial score (nSPS) is 11.5. The summed E-state index contributed by atoms with van der Waals surface area (Å²) in [4.78, 5) is 18.4. The number of hydrogen-bond acceptors (Lipinski definition) is 4. The zero-order valence-electron chi connectivity index (χ0n) is 13.1. The van der Waals surface area contributed by atoms with Gasteiger partial charge in [-0.25, -0.2) is 4.98 Å².